The van der Waals surface area contributed by atoms with E-state index < -0.39 is 0 Å². The zero-order valence-electron chi connectivity index (χ0n) is 9.59. The van der Waals surface area contributed by atoms with Gasteiger partial charge in [-0.05, 0) is 0 Å². The van der Waals surface area contributed by atoms with Gasteiger partial charge in [0.2, 0.25) is 5.95 Å². The highest BCUT2D eigenvalue weighted by atomic mass is 16.5. The first-order valence-corrected chi connectivity index (χ1v) is 5.39. The van der Waals surface area contributed by atoms with Crippen molar-refractivity contribution in [3.63, 3.8) is 0 Å². The molecule has 2 rings (SSSR count). The van der Waals surface area contributed by atoms with Crippen molar-refractivity contribution in [3.05, 3.63) is 6.07 Å². The Balaban J connectivity index is 2.12. The summed E-state index contributed by atoms with van der Waals surface area (Å²) in [6.07, 6.45) is 0.735. The van der Waals surface area contributed by atoms with Crippen molar-refractivity contribution in [1.82, 2.24) is 9.97 Å². The maximum atomic E-state index is 10.3. The number of nitrogens with one attached hydrogen (secondary N) is 1. The van der Waals surface area contributed by atoms with Crippen LogP contribution in [0.25, 0.3) is 0 Å². The van der Waals surface area contributed by atoms with Crippen LogP contribution in [0.4, 0.5) is 17.6 Å². The minimum absolute atomic E-state index is 0.0678. The molecule has 1 aromatic rings. The SMILES string of the molecule is CNc1cc(N2CCC(OC=O)C2)nc(N)n1. The highest BCUT2D eigenvalue weighted by Gasteiger charge is 2.25. The third kappa shape index (κ3) is 2.55. The number of nitrogen functional groups attached to an aromatic ring is 1. The highest BCUT2D eigenvalue weighted by molar-refractivity contribution is 5.53. The van der Waals surface area contributed by atoms with Crippen LogP contribution in [0.5, 0.6) is 0 Å². The average Bonchev–Trinajstić information content (AvgIpc) is 2.77. The van der Waals surface area contributed by atoms with Crippen LogP contribution in [-0.4, -0.2) is 42.7 Å². The van der Waals surface area contributed by atoms with E-state index in [1.165, 1.54) is 0 Å². The average molecular weight is 237 g/mol. The standard InChI is InChI=1S/C10H15N5O2/c1-12-8-4-9(14-10(11)13-8)15-3-2-7(5-15)17-6-16/h4,6-7H,2-3,5H2,1H3,(H3,11,12,13,14). The minimum Gasteiger partial charge on any atom is -0.463 e. The van der Waals surface area contributed by atoms with Crippen LogP contribution >= 0.6 is 0 Å². The van der Waals surface area contributed by atoms with Crippen LogP contribution < -0.4 is 16.0 Å². The second-order valence-corrected chi connectivity index (χ2v) is 3.81. The van der Waals surface area contributed by atoms with Gasteiger partial charge in [0.25, 0.3) is 6.47 Å². The summed E-state index contributed by atoms with van der Waals surface area (Å²) in [5.41, 5.74) is 5.62. The number of hydrogen-bond acceptors (Lipinski definition) is 7. The fourth-order valence-electron chi connectivity index (χ4n) is 1.87. The molecule has 0 aliphatic carbocycles. The number of nitrogens with two attached hydrogens (primary N) is 1. The van der Waals surface area contributed by atoms with E-state index >= 15 is 0 Å². The van der Waals surface area contributed by atoms with Gasteiger partial charge in [-0.25, -0.2) is 0 Å². The normalized spacial score (nSPS) is 19.1. The number of rotatable bonds is 4. The molecule has 7 nitrogen and oxygen atoms in total. The van der Waals surface area contributed by atoms with Crippen LogP contribution in [-0.2, 0) is 9.53 Å². The quantitative estimate of drug-likeness (QED) is 0.703. The summed E-state index contributed by atoms with van der Waals surface area (Å²) in [4.78, 5) is 20.5. The maximum absolute atomic E-state index is 10.3. The predicted molar refractivity (Wildman–Crippen MR) is 63.8 cm³/mol. The molecule has 92 valence electrons. The molecule has 1 aliphatic heterocycles. The molecule has 0 saturated carbocycles. The van der Waals surface area contributed by atoms with Crippen molar-refractivity contribution < 1.29 is 9.53 Å². The molecule has 1 unspecified atom stereocenters. The summed E-state index contributed by atoms with van der Waals surface area (Å²) in [6, 6.07) is 1.82. The van der Waals surface area contributed by atoms with Crippen LogP contribution in [0.2, 0.25) is 0 Å². The Morgan fingerprint density at radius 3 is 3.18 bits per heavy atom. The molecule has 1 aliphatic rings. The number of ether oxygens (including phenoxy) is 1. The Hall–Kier alpha value is -2.05. The number of nitrogens with zero attached hydrogens (tertiary/aromatic N) is 3. The molecule has 0 bridgehead atoms. The van der Waals surface area contributed by atoms with Crippen molar-refractivity contribution in [2.75, 3.05) is 36.1 Å². The van der Waals surface area contributed by atoms with Crippen LogP contribution in [0.15, 0.2) is 6.07 Å². The van der Waals surface area contributed by atoms with Gasteiger partial charge in [-0.2, -0.15) is 9.97 Å². The molecule has 1 saturated heterocycles. The third-order valence-corrected chi connectivity index (χ3v) is 2.70. The summed E-state index contributed by atoms with van der Waals surface area (Å²) >= 11 is 0. The van der Waals surface area contributed by atoms with Crippen molar-refractivity contribution in [2.45, 2.75) is 12.5 Å². The second-order valence-electron chi connectivity index (χ2n) is 3.81. The number of carbonyl (C=O) groups excluding carboxylic acids is 1. The summed E-state index contributed by atoms with van der Waals surface area (Å²) in [5, 5.41) is 2.92. The van der Waals surface area contributed by atoms with Crippen molar-refractivity contribution in [1.29, 1.82) is 0 Å². The van der Waals surface area contributed by atoms with Gasteiger partial charge in [-0.15, -0.1) is 0 Å². The highest BCUT2D eigenvalue weighted by Crippen LogP contribution is 2.22. The number of anilines is 3. The molecular formula is C10H15N5O2. The molecule has 0 radical (unpaired) electrons. The third-order valence-electron chi connectivity index (χ3n) is 2.70. The van der Waals surface area contributed by atoms with Gasteiger partial charge in [-0.1, -0.05) is 0 Å². The largest absolute Gasteiger partial charge is 0.463 e. The molecule has 0 spiro atoms. The van der Waals surface area contributed by atoms with E-state index in [1.807, 2.05) is 11.0 Å². The van der Waals surface area contributed by atoms with Gasteiger partial charge in [0.15, 0.2) is 0 Å². The van der Waals surface area contributed by atoms with Crippen molar-refractivity contribution in [3.8, 4) is 0 Å². The lowest BCUT2D eigenvalue weighted by atomic mass is 10.3. The lowest BCUT2D eigenvalue weighted by Gasteiger charge is -2.17. The van der Waals surface area contributed by atoms with E-state index in [4.69, 9.17) is 10.5 Å². The Morgan fingerprint density at radius 1 is 1.65 bits per heavy atom. The fraction of sp³-hybridized carbons (Fsp3) is 0.500. The van der Waals surface area contributed by atoms with Crippen LogP contribution in [0.3, 0.4) is 0 Å². The Kier molecular flexibility index (Phi) is 3.27. The minimum atomic E-state index is -0.0678. The molecule has 1 atom stereocenters. The molecular weight excluding hydrogens is 222 g/mol. The van der Waals surface area contributed by atoms with E-state index in [-0.39, 0.29) is 12.1 Å². The first-order valence-electron chi connectivity index (χ1n) is 5.39. The van der Waals surface area contributed by atoms with Gasteiger partial charge in [0, 0.05) is 26.1 Å². The molecule has 7 heteroatoms. The molecule has 2 heterocycles. The van der Waals surface area contributed by atoms with Gasteiger partial charge in [-0.3, -0.25) is 4.79 Å². The lowest BCUT2D eigenvalue weighted by Crippen LogP contribution is -2.24. The van der Waals surface area contributed by atoms with Gasteiger partial charge < -0.3 is 20.7 Å². The monoisotopic (exact) mass is 237 g/mol. The van der Waals surface area contributed by atoms with Crippen molar-refractivity contribution in [2.24, 2.45) is 0 Å². The lowest BCUT2D eigenvalue weighted by molar-refractivity contribution is -0.132. The summed E-state index contributed by atoms with van der Waals surface area (Å²) in [5.74, 6) is 1.65. The van der Waals surface area contributed by atoms with E-state index in [0.717, 1.165) is 18.8 Å². The number of carbonyl (C=O) groups is 1. The van der Waals surface area contributed by atoms with Gasteiger partial charge in [0.1, 0.15) is 17.7 Å². The molecule has 0 aromatic carbocycles. The Labute approximate surface area is 99.0 Å². The Morgan fingerprint density at radius 2 is 2.47 bits per heavy atom. The molecule has 17 heavy (non-hydrogen) atoms. The van der Waals surface area contributed by atoms with Crippen LogP contribution in [0.1, 0.15) is 6.42 Å². The first kappa shape index (κ1) is 11.4. The topological polar surface area (TPSA) is 93.4 Å². The number of aromatic nitrogens is 2. The molecule has 0 amide bonds. The summed E-state index contributed by atoms with van der Waals surface area (Å²) < 4.78 is 4.93. The van der Waals surface area contributed by atoms with Gasteiger partial charge >= 0.3 is 0 Å². The van der Waals surface area contributed by atoms with E-state index in [0.29, 0.717) is 18.8 Å². The van der Waals surface area contributed by atoms with Crippen molar-refractivity contribution >= 4 is 24.1 Å². The molecule has 3 N–H and O–H groups in total. The fourth-order valence-corrected chi connectivity index (χ4v) is 1.87. The zero-order chi connectivity index (χ0) is 12.3. The second kappa shape index (κ2) is 4.86. The molecule has 1 aromatic heterocycles. The Bertz CT molecular complexity index is 412. The first-order chi connectivity index (χ1) is 8.22. The van der Waals surface area contributed by atoms with E-state index in [9.17, 15) is 4.79 Å². The molecule has 1 fully saturated rings. The summed E-state index contributed by atoms with van der Waals surface area (Å²) in [7, 11) is 1.77. The van der Waals surface area contributed by atoms with Crippen LogP contribution in [0, 0.1) is 0 Å². The smallest absolute Gasteiger partial charge is 0.293 e. The maximum Gasteiger partial charge on any atom is 0.293 e. The predicted octanol–water partition coefficient (Wildman–Crippen LogP) is -0.148. The number of hydrogen-bond donors (Lipinski definition) is 2. The zero-order valence-corrected chi connectivity index (χ0v) is 9.59. The van der Waals surface area contributed by atoms with E-state index in [1.54, 1.807) is 7.05 Å². The van der Waals surface area contributed by atoms with E-state index in [2.05, 4.69) is 15.3 Å². The van der Waals surface area contributed by atoms with Gasteiger partial charge in [0.05, 0.1) is 6.54 Å². The summed E-state index contributed by atoms with van der Waals surface area (Å²) in [6.45, 7) is 1.91.